The van der Waals surface area contributed by atoms with Gasteiger partial charge in [0, 0.05) is 13.1 Å². The van der Waals surface area contributed by atoms with E-state index in [1.165, 1.54) is 28.9 Å². The largest absolute Gasteiger partial charge is 0.378 e. The minimum absolute atomic E-state index is 0.222. The number of nitrogens with zero attached hydrogens (tertiary/aromatic N) is 6. The molecule has 0 saturated carbocycles. The summed E-state index contributed by atoms with van der Waals surface area (Å²) in [6.07, 6.45) is 0. The van der Waals surface area contributed by atoms with Crippen LogP contribution < -0.4 is 4.90 Å². The number of morpholine rings is 1. The van der Waals surface area contributed by atoms with Crippen LogP contribution in [-0.2, 0) is 4.74 Å². The standard InChI is InChI=1S/C17H15ClN6OS2/c1-11-2-4-12(5-3-11)24-16(23-6-8-25-9-7-23)20-21-17(24)26-15-13(10-19)14(18)22-27-15/h2-5H,6-9H2,1H3. The third-order valence-corrected chi connectivity index (χ3v) is 6.44. The van der Waals surface area contributed by atoms with Gasteiger partial charge in [0.2, 0.25) is 11.1 Å². The Bertz CT molecular complexity index is 988. The third kappa shape index (κ3) is 3.66. The highest BCUT2D eigenvalue weighted by molar-refractivity contribution is 8.01. The lowest BCUT2D eigenvalue weighted by Crippen LogP contribution is -2.37. The van der Waals surface area contributed by atoms with Crippen molar-refractivity contribution in [3.05, 3.63) is 40.5 Å². The fourth-order valence-electron chi connectivity index (χ4n) is 2.72. The monoisotopic (exact) mass is 418 g/mol. The van der Waals surface area contributed by atoms with Crippen molar-refractivity contribution in [1.29, 1.82) is 5.26 Å². The molecule has 1 aromatic carbocycles. The predicted molar refractivity (Wildman–Crippen MR) is 105 cm³/mol. The van der Waals surface area contributed by atoms with E-state index < -0.39 is 0 Å². The van der Waals surface area contributed by atoms with Gasteiger partial charge in [-0.1, -0.05) is 29.3 Å². The van der Waals surface area contributed by atoms with Crippen molar-refractivity contribution in [3.63, 3.8) is 0 Å². The number of hydrogen-bond acceptors (Lipinski definition) is 8. The molecule has 3 heterocycles. The van der Waals surface area contributed by atoms with Gasteiger partial charge < -0.3 is 9.64 Å². The summed E-state index contributed by atoms with van der Waals surface area (Å²) in [6, 6.07) is 10.3. The molecule has 1 fully saturated rings. The molecule has 1 aliphatic heterocycles. The second-order valence-corrected chi connectivity index (χ2v) is 8.27. The molecule has 138 valence electrons. The van der Waals surface area contributed by atoms with Crippen LogP contribution in [0.1, 0.15) is 11.1 Å². The summed E-state index contributed by atoms with van der Waals surface area (Å²) in [5.41, 5.74) is 2.51. The molecule has 7 nitrogen and oxygen atoms in total. The molecule has 0 amide bonds. The van der Waals surface area contributed by atoms with Gasteiger partial charge in [0.1, 0.15) is 15.8 Å². The second-order valence-electron chi connectivity index (χ2n) is 5.90. The Kier molecular flexibility index (Phi) is 5.31. The van der Waals surface area contributed by atoms with Crippen molar-refractivity contribution in [1.82, 2.24) is 19.1 Å². The SMILES string of the molecule is Cc1ccc(-n2c(Sc3snc(Cl)c3C#N)nnc2N2CCOCC2)cc1. The molecule has 1 aliphatic rings. The number of ether oxygens (including phenoxy) is 1. The van der Waals surface area contributed by atoms with Gasteiger partial charge in [0.15, 0.2) is 5.15 Å². The smallest absolute Gasteiger partial charge is 0.232 e. The van der Waals surface area contributed by atoms with E-state index in [1.54, 1.807) is 0 Å². The van der Waals surface area contributed by atoms with Gasteiger partial charge in [-0.05, 0) is 42.4 Å². The molecule has 0 aliphatic carbocycles. The summed E-state index contributed by atoms with van der Waals surface area (Å²) in [4.78, 5) is 2.16. The second kappa shape index (κ2) is 7.86. The Morgan fingerprint density at radius 2 is 1.96 bits per heavy atom. The van der Waals surface area contributed by atoms with Crippen LogP contribution in [0.25, 0.3) is 5.69 Å². The first kappa shape index (κ1) is 18.3. The number of halogens is 1. The lowest BCUT2D eigenvalue weighted by atomic mass is 10.2. The molecule has 2 aromatic heterocycles. The Morgan fingerprint density at radius 3 is 2.67 bits per heavy atom. The van der Waals surface area contributed by atoms with E-state index in [9.17, 15) is 5.26 Å². The van der Waals surface area contributed by atoms with E-state index in [-0.39, 0.29) is 5.15 Å². The Morgan fingerprint density at radius 1 is 1.22 bits per heavy atom. The fraction of sp³-hybridized carbons (Fsp3) is 0.294. The van der Waals surface area contributed by atoms with Crippen molar-refractivity contribution in [2.24, 2.45) is 0 Å². The lowest BCUT2D eigenvalue weighted by molar-refractivity contribution is 0.122. The van der Waals surface area contributed by atoms with Crippen LogP contribution in [0.3, 0.4) is 0 Å². The summed E-state index contributed by atoms with van der Waals surface area (Å²) in [7, 11) is 0. The van der Waals surface area contributed by atoms with Crippen LogP contribution in [0.5, 0.6) is 0 Å². The number of aryl methyl sites for hydroxylation is 1. The van der Waals surface area contributed by atoms with Gasteiger partial charge in [0.05, 0.1) is 18.9 Å². The van der Waals surface area contributed by atoms with Crippen LogP contribution >= 0.6 is 34.9 Å². The number of anilines is 1. The van der Waals surface area contributed by atoms with Crippen molar-refractivity contribution >= 4 is 40.8 Å². The lowest BCUT2D eigenvalue weighted by Gasteiger charge is -2.27. The first-order valence-electron chi connectivity index (χ1n) is 8.25. The van der Waals surface area contributed by atoms with E-state index in [4.69, 9.17) is 16.3 Å². The Labute approximate surface area is 169 Å². The van der Waals surface area contributed by atoms with Crippen LogP contribution in [0.15, 0.2) is 33.6 Å². The number of nitriles is 1. The van der Waals surface area contributed by atoms with Crippen molar-refractivity contribution in [2.45, 2.75) is 16.3 Å². The summed E-state index contributed by atoms with van der Waals surface area (Å²) >= 11 is 8.55. The van der Waals surface area contributed by atoms with E-state index in [0.29, 0.717) is 28.1 Å². The molecule has 0 radical (unpaired) electrons. The molecule has 0 atom stereocenters. The highest BCUT2D eigenvalue weighted by Gasteiger charge is 2.24. The van der Waals surface area contributed by atoms with Gasteiger partial charge in [-0.2, -0.15) is 9.64 Å². The van der Waals surface area contributed by atoms with Crippen molar-refractivity contribution < 1.29 is 4.74 Å². The first-order chi connectivity index (χ1) is 13.2. The maximum Gasteiger partial charge on any atom is 0.232 e. The molecule has 0 unspecified atom stereocenters. The predicted octanol–water partition coefficient (Wildman–Crippen LogP) is 3.55. The first-order valence-corrected chi connectivity index (χ1v) is 10.2. The van der Waals surface area contributed by atoms with Crippen LogP contribution in [0, 0.1) is 18.3 Å². The zero-order valence-corrected chi connectivity index (χ0v) is 16.8. The molecule has 1 saturated heterocycles. The summed E-state index contributed by atoms with van der Waals surface area (Å²) < 4.78 is 12.2. The molecule has 4 rings (SSSR count). The zero-order valence-electron chi connectivity index (χ0n) is 14.4. The minimum Gasteiger partial charge on any atom is -0.378 e. The van der Waals surface area contributed by atoms with Crippen LogP contribution in [0.2, 0.25) is 5.15 Å². The van der Waals surface area contributed by atoms with E-state index in [1.807, 2.05) is 23.6 Å². The fourth-order valence-corrected chi connectivity index (χ4v) is 4.81. The maximum atomic E-state index is 9.35. The summed E-state index contributed by atoms with van der Waals surface area (Å²) in [5, 5.41) is 19.0. The number of rotatable bonds is 4. The number of hydrogen-bond donors (Lipinski definition) is 0. The van der Waals surface area contributed by atoms with Crippen molar-refractivity contribution in [2.75, 3.05) is 31.2 Å². The molecule has 0 N–H and O–H groups in total. The molecular weight excluding hydrogens is 404 g/mol. The highest BCUT2D eigenvalue weighted by Crippen LogP contribution is 2.38. The number of benzene rings is 1. The van der Waals surface area contributed by atoms with E-state index in [2.05, 4.69) is 37.7 Å². The minimum atomic E-state index is 0.222. The average molecular weight is 419 g/mol. The quantitative estimate of drug-likeness (QED) is 0.640. The Balaban J connectivity index is 1.78. The molecular formula is C17H15ClN6OS2. The molecule has 3 aromatic rings. The van der Waals surface area contributed by atoms with Crippen LogP contribution in [0.4, 0.5) is 5.95 Å². The topological polar surface area (TPSA) is 79.9 Å². The highest BCUT2D eigenvalue weighted by atomic mass is 35.5. The van der Waals surface area contributed by atoms with E-state index in [0.717, 1.165) is 24.7 Å². The van der Waals surface area contributed by atoms with Gasteiger partial charge in [0.25, 0.3) is 0 Å². The summed E-state index contributed by atoms with van der Waals surface area (Å²) in [6.45, 7) is 4.88. The van der Waals surface area contributed by atoms with Gasteiger partial charge in [-0.3, -0.25) is 4.57 Å². The van der Waals surface area contributed by atoms with Gasteiger partial charge in [-0.15, -0.1) is 10.2 Å². The molecule has 10 heteroatoms. The molecule has 0 bridgehead atoms. The normalized spacial score (nSPS) is 14.3. The molecule has 0 spiro atoms. The van der Waals surface area contributed by atoms with Crippen LogP contribution in [-0.4, -0.2) is 45.4 Å². The van der Waals surface area contributed by atoms with E-state index >= 15 is 0 Å². The molecule has 27 heavy (non-hydrogen) atoms. The Hall–Kier alpha value is -2.12. The maximum absolute atomic E-state index is 9.35. The average Bonchev–Trinajstić information content (AvgIpc) is 3.27. The summed E-state index contributed by atoms with van der Waals surface area (Å²) in [5.74, 6) is 0.763. The number of aromatic nitrogens is 4. The zero-order chi connectivity index (χ0) is 18.8. The van der Waals surface area contributed by atoms with Gasteiger partial charge >= 0.3 is 0 Å². The van der Waals surface area contributed by atoms with Crippen molar-refractivity contribution in [3.8, 4) is 11.8 Å². The third-order valence-electron chi connectivity index (χ3n) is 4.12. The van der Waals surface area contributed by atoms with Gasteiger partial charge in [-0.25, -0.2) is 0 Å².